The van der Waals surface area contributed by atoms with Crippen LogP contribution in [0.1, 0.15) is 45.0 Å². The predicted octanol–water partition coefficient (Wildman–Crippen LogP) is 11.3. The molecule has 0 fully saturated rings. The van der Waals surface area contributed by atoms with E-state index in [4.69, 9.17) is 32.7 Å². The van der Waals surface area contributed by atoms with Crippen LogP contribution in [0.4, 0.5) is 0 Å². The van der Waals surface area contributed by atoms with Gasteiger partial charge >= 0.3 is 0 Å². The van der Waals surface area contributed by atoms with Crippen molar-refractivity contribution in [3.8, 4) is 46.4 Å². The number of halogens is 2. The lowest BCUT2D eigenvalue weighted by molar-refractivity contribution is 0.414. The zero-order valence-electron chi connectivity index (χ0n) is 43.6. The summed E-state index contributed by atoms with van der Waals surface area (Å²) in [5.41, 5.74) is 4.70. The Morgan fingerprint density at radius 2 is 0.863 bits per heavy atom. The first-order valence-corrected chi connectivity index (χ1v) is 30.3. The van der Waals surface area contributed by atoms with E-state index in [9.17, 15) is 10.5 Å². The summed E-state index contributed by atoms with van der Waals surface area (Å²) in [5, 5.41) is 39.9. The van der Waals surface area contributed by atoms with Crippen LogP contribution >= 0.6 is 46.7 Å². The Kier molecular flexibility index (Phi) is 17.8. The third kappa shape index (κ3) is 12.8. The van der Waals surface area contributed by atoms with Crippen molar-refractivity contribution in [1.82, 2.24) is 29.7 Å². The predicted molar refractivity (Wildman–Crippen MR) is 313 cm³/mol. The Bertz CT molecular complexity index is 3710. The van der Waals surface area contributed by atoms with Crippen LogP contribution in [0.15, 0.2) is 177 Å². The summed E-state index contributed by atoms with van der Waals surface area (Å²) < 4.78 is 77.1. The molecule has 0 atom stereocenters. The monoisotopic (exact) mass is 1180 g/mol. The van der Waals surface area contributed by atoms with Gasteiger partial charge < -0.3 is 9.47 Å². The molecule has 2 heterocycles. The van der Waals surface area contributed by atoms with E-state index in [-0.39, 0.29) is 70.0 Å². The summed E-state index contributed by atoms with van der Waals surface area (Å²) in [4.78, 5) is 1.17. The van der Waals surface area contributed by atoms with Gasteiger partial charge in [0.1, 0.15) is 23.6 Å². The highest BCUT2D eigenvalue weighted by Gasteiger charge is 2.33. The molecule has 0 amide bonds. The number of aryl methyl sites for hydroxylation is 2. The van der Waals surface area contributed by atoms with E-state index in [1.54, 1.807) is 123 Å². The van der Waals surface area contributed by atoms with E-state index in [0.29, 0.717) is 54.1 Å². The molecule has 0 aliphatic rings. The van der Waals surface area contributed by atoms with Crippen LogP contribution in [0, 0.1) is 36.5 Å². The number of methoxy groups -OCH3 is 2. The molecule has 0 aliphatic carbocycles. The summed E-state index contributed by atoms with van der Waals surface area (Å²) >= 11 is 15.2. The van der Waals surface area contributed by atoms with Crippen LogP contribution in [0.2, 0.25) is 10.0 Å². The van der Waals surface area contributed by atoms with Gasteiger partial charge in [-0.3, -0.25) is 0 Å². The standard InChI is InChI=1S/C58H50Cl2N10O6S4/c1-39-5-25-51(26-6-39)79(71,72)67(69-55(33-41-9-21-49(75-3)22-10-41)63-65-57(69)43-13-17-47(59)18-14-43)29-31-77-53-35-45(37-61)46(38-62)36-54(53)78-32-30-68(80(73,74)52-27-7-40(2)8-28-52)70-56(34-42-11-23-50(76-4)24-12-42)64-66-58(70)44-15-19-48(60)20-16-44/h5-28,35-36H,29-34H2,1-4H3. The van der Waals surface area contributed by atoms with Crippen molar-refractivity contribution in [2.75, 3.05) is 47.6 Å². The smallest absolute Gasteiger partial charge is 0.277 e. The first kappa shape index (κ1) is 56.9. The molecule has 0 N–H and O–H groups in total. The minimum absolute atomic E-state index is 0.0326. The number of aromatic nitrogens is 6. The van der Waals surface area contributed by atoms with Crippen molar-refractivity contribution in [1.29, 1.82) is 10.5 Å². The normalized spacial score (nSPS) is 11.4. The van der Waals surface area contributed by atoms with Crippen LogP contribution in [-0.4, -0.2) is 85.4 Å². The molecule has 80 heavy (non-hydrogen) atoms. The highest BCUT2D eigenvalue weighted by Crippen LogP contribution is 2.36. The molecule has 0 aliphatic heterocycles. The minimum Gasteiger partial charge on any atom is -0.497 e. The first-order valence-electron chi connectivity index (χ1n) is 24.7. The molecular formula is C58H50Cl2N10O6S4. The summed E-state index contributed by atoms with van der Waals surface area (Å²) in [7, 11) is -5.57. The SMILES string of the molecule is COc1ccc(Cc2nnc(-c3ccc(Cl)cc3)n2N(CCSc2cc(C#N)c(C#N)cc2SCCN(n2c(Cc3ccc(OC)cc3)nnc2-c2ccc(Cl)cc2)S(=O)(=O)c2ccc(C)cc2)S(=O)(=O)c2ccc(C)cc2)cc1. The Morgan fingerprint density at radius 3 is 1.19 bits per heavy atom. The Morgan fingerprint density at radius 1 is 0.512 bits per heavy atom. The molecule has 2 aromatic heterocycles. The molecule has 22 heteroatoms. The van der Waals surface area contributed by atoms with Crippen molar-refractivity contribution in [2.24, 2.45) is 0 Å². The maximum Gasteiger partial charge on any atom is 0.277 e. The van der Waals surface area contributed by atoms with Crippen molar-refractivity contribution < 1.29 is 26.3 Å². The van der Waals surface area contributed by atoms with E-state index in [1.807, 2.05) is 62.4 Å². The average Bonchev–Trinajstić information content (AvgIpc) is 4.09. The first-order chi connectivity index (χ1) is 38.6. The van der Waals surface area contributed by atoms with Crippen LogP contribution < -0.4 is 18.3 Å². The summed E-state index contributed by atoms with van der Waals surface area (Å²) in [6, 6.07) is 49.0. The van der Waals surface area contributed by atoms with Gasteiger partial charge in [-0.25, -0.2) is 9.35 Å². The molecule has 0 saturated heterocycles. The summed E-state index contributed by atoms with van der Waals surface area (Å²) in [6.07, 6.45) is 0.380. The average molecular weight is 1180 g/mol. The van der Waals surface area contributed by atoms with E-state index < -0.39 is 20.0 Å². The molecule has 0 radical (unpaired) electrons. The Labute approximate surface area is 483 Å². The number of ether oxygens (including phenoxy) is 2. The highest BCUT2D eigenvalue weighted by molar-refractivity contribution is 8.02. The molecule has 0 unspecified atom stereocenters. The lowest BCUT2D eigenvalue weighted by Crippen LogP contribution is -2.43. The number of sulfonamides is 2. The number of rotatable bonds is 22. The molecule has 9 rings (SSSR count). The van der Waals surface area contributed by atoms with Crippen LogP contribution in [0.3, 0.4) is 0 Å². The number of benzene rings is 7. The summed E-state index contributed by atoms with van der Waals surface area (Å²) in [5.74, 6) is 2.67. The number of nitriles is 2. The van der Waals surface area contributed by atoms with E-state index in [1.165, 1.54) is 41.7 Å². The molecular weight excluding hydrogens is 1130 g/mol. The number of hydrogen-bond acceptors (Lipinski definition) is 14. The number of hydrogen-bond donors (Lipinski definition) is 0. The largest absolute Gasteiger partial charge is 0.497 e. The second-order valence-electron chi connectivity index (χ2n) is 18.1. The quantitative estimate of drug-likeness (QED) is 0.0580. The van der Waals surface area contributed by atoms with Crippen molar-refractivity contribution in [2.45, 2.75) is 46.3 Å². The fraction of sp³-hybridized carbons (Fsp3) is 0.172. The molecule has 7 aromatic carbocycles. The lowest BCUT2D eigenvalue weighted by Gasteiger charge is -2.28. The van der Waals surface area contributed by atoms with E-state index in [0.717, 1.165) is 22.3 Å². The molecule has 0 saturated carbocycles. The van der Waals surface area contributed by atoms with Crippen LogP contribution in [0.5, 0.6) is 11.5 Å². The molecule has 0 bridgehead atoms. The topological polar surface area (TPSA) is 202 Å². The second-order valence-corrected chi connectivity index (χ2v) is 24.9. The zero-order valence-corrected chi connectivity index (χ0v) is 48.3. The third-order valence-corrected chi connectivity index (χ3v) is 18.9. The van der Waals surface area contributed by atoms with E-state index >= 15 is 16.8 Å². The van der Waals surface area contributed by atoms with Gasteiger partial charge in [-0.2, -0.15) is 36.2 Å². The van der Waals surface area contributed by atoms with Gasteiger partial charge in [0, 0.05) is 55.3 Å². The molecule has 9 aromatic rings. The number of thioether (sulfide) groups is 2. The number of nitrogens with zero attached hydrogens (tertiary/aromatic N) is 10. The van der Waals surface area contributed by atoms with Crippen molar-refractivity contribution >= 4 is 66.8 Å². The van der Waals surface area contributed by atoms with Gasteiger partial charge in [0.2, 0.25) is 0 Å². The van der Waals surface area contributed by atoms with Crippen molar-refractivity contribution in [3.63, 3.8) is 0 Å². The van der Waals surface area contributed by atoms with Crippen LogP contribution in [0.25, 0.3) is 22.8 Å². The van der Waals surface area contributed by atoms with Gasteiger partial charge in [-0.05, 0) is 134 Å². The van der Waals surface area contributed by atoms with E-state index in [2.05, 4.69) is 32.5 Å². The third-order valence-electron chi connectivity index (χ3n) is 12.7. The van der Waals surface area contributed by atoms with Gasteiger partial charge in [0.05, 0.1) is 48.2 Å². The highest BCUT2D eigenvalue weighted by atomic mass is 35.5. The molecule has 16 nitrogen and oxygen atoms in total. The molecule has 406 valence electrons. The van der Waals surface area contributed by atoms with Gasteiger partial charge in [-0.1, -0.05) is 82.9 Å². The fourth-order valence-corrected chi connectivity index (χ4v) is 14.0. The maximum atomic E-state index is 15.2. The fourth-order valence-electron chi connectivity index (χ4n) is 8.48. The maximum absolute atomic E-state index is 15.2. The minimum atomic E-state index is -4.36. The Balaban J connectivity index is 1.09. The lowest BCUT2D eigenvalue weighted by atomic mass is 10.1. The van der Waals surface area contributed by atoms with Crippen molar-refractivity contribution in [3.05, 3.63) is 213 Å². The zero-order chi connectivity index (χ0) is 56.6. The van der Waals surface area contributed by atoms with Gasteiger partial charge in [0.25, 0.3) is 20.0 Å². The van der Waals surface area contributed by atoms with Gasteiger partial charge in [0.15, 0.2) is 23.3 Å². The second kappa shape index (κ2) is 25.1. The van der Waals surface area contributed by atoms with Crippen LogP contribution in [-0.2, 0) is 32.9 Å². The van der Waals surface area contributed by atoms with Gasteiger partial charge in [-0.15, -0.1) is 43.9 Å². The summed E-state index contributed by atoms with van der Waals surface area (Å²) in [6.45, 7) is 3.46. The molecule has 0 spiro atoms. The Hall–Kier alpha value is -7.82.